The summed E-state index contributed by atoms with van der Waals surface area (Å²) in [5, 5.41) is 3.39. The highest BCUT2D eigenvalue weighted by Gasteiger charge is 2.10. The Kier molecular flexibility index (Phi) is 2.85. The predicted molar refractivity (Wildman–Crippen MR) is 66.6 cm³/mol. The van der Waals surface area contributed by atoms with Crippen molar-refractivity contribution in [1.29, 1.82) is 0 Å². The Balaban J connectivity index is 2.68. The fourth-order valence-electron chi connectivity index (χ4n) is 1.62. The molecule has 0 unspecified atom stereocenters. The van der Waals surface area contributed by atoms with E-state index in [0.29, 0.717) is 23.1 Å². The summed E-state index contributed by atoms with van der Waals surface area (Å²) in [6.45, 7) is 0.566. The number of hydrogen-bond acceptors (Lipinski definition) is 4. The highest BCUT2D eigenvalue weighted by atomic mass is 16.1. The molecule has 4 N–H and O–H groups in total. The van der Waals surface area contributed by atoms with E-state index in [-0.39, 0.29) is 11.5 Å². The summed E-state index contributed by atoms with van der Waals surface area (Å²) in [6, 6.07) is 0. The van der Waals surface area contributed by atoms with E-state index in [1.807, 2.05) is 7.05 Å². The van der Waals surface area contributed by atoms with Crippen molar-refractivity contribution in [2.24, 2.45) is 7.05 Å². The third-order valence-electron chi connectivity index (χ3n) is 2.33. The molecule has 88 valence electrons. The zero-order valence-corrected chi connectivity index (χ0v) is 9.66. The second-order valence-corrected chi connectivity index (χ2v) is 3.64. The quantitative estimate of drug-likeness (QED) is 0.573. The molecule has 0 aliphatic carbocycles. The molecule has 0 spiro atoms. The van der Waals surface area contributed by atoms with Gasteiger partial charge in [-0.25, -0.2) is 0 Å². The third kappa shape index (κ3) is 2.00. The molecule has 0 aliphatic rings. The molecule has 6 heteroatoms. The Morgan fingerprint density at radius 3 is 3.12 bits per heavy atom. The Bertz CT molecular complexity index is 671. The van der Waals surface area contributed by atoms with Gasteiger partial charge in [-0.2, -0.15) is 4.98 Å². The first kappa shape index (κ1) is 11.2. The van der Waals surface area contributed by atoms with Gasteiger partial charge < -0.3 is 15.6 Å². The van der Waals surface area contributed by atoms with Gasteiger partial charge in [0.15, 0.2) is 5.65 Å². The second kappa shape index (κ2) is 4.31. The molecule has 6 nitrogen and oxygen atoms in total. The normalized spacial score (nSPS) is 10.2. The van der Waals surface area contributed by atoms with Gasteiger partial charge in [-0.15, -0.1) is 0 Å². The highest BCUT2D eigenvalue weighted by molar-refractivity contribution is 5.83. The molecule has 0 atom stereocenters. The largest absolute Gasteiger partial charge is 0.369 e. The van der Waals surface area contributed by atoms with Crippen molar-refractivity contribution >= 4 is 17.0 Å². The zero-order chi connectivity index (χ0) is 12.4. The Labute approximate surface area is 97.8 Å². The number of anilines is 1. The highest BCUT2D eigenvalue weighted by Crippen LogP contribution is 2.13. The molecule has 0 saturated heterocycles. The van der Waals surface area contributed by atoms with Crippen LogP contribution in [0.15, 0.2) is 11.0 Å². The summed E-state index contributed by atoms with van der Waals surface area (Å²) in [4.78, 5) is 18.4. The molecule has 0 aromatic carbocycles. The fraction of sp³-hybridized carbons (Fsp3) is 0.273. The third-order valence-corrected chi connectivity index (χ3v) is 2.33. The predicted octanol–water partition coefficient (Wildman–Crippen LogP) is -0.585. The molecule has 0 bridgehead atoms. The van der Waals surface area contributed by atoms with Crippen molar-refractivity contribution in [2.45, 2.75) is 0 Å². The van der Waals surface area contributed by atoms with E-state index in [9.17, 15) is 4.79 Å². The lowest BCUT2D eigenvalue weighted by Gasteiger charge is -1.95. The lowest BCUT2D eigenvalue weighted by atomic mass is 10.2. The summed E-state index contributed by atoms with van der Waals surface area (Å²) >= 11 is 0. The van der Waals surface area contributed by atoms with Crippen LogP contribution in [0.2, 0.25) is 0 Å². The maximum absolute atomic E-state index is 11.8. The number of nitrogen functional groups attached to an aromatic ring is 1. The molecule has 2 heterocycles. The number of H-pyrrole nitrogens is 1. The van der Waals surface area contributed by atoms with Crippen molar-refractivity contribution in [3.63, 3.8) is 0 Å². The fourth-order valence-corrected chi connectivity index (χ4v) is 1.62. The summed E-state index contributed by atoms with van der Waals surface area (Å²) in [6.07, 6.45) is 1.77. The minimum Gasteiger partial charge on any atom is -0.369 e. The van der Waals surface area contributed by atoms with Crippen LogP contribution in [0.5, 0.6) is 0 Å². The van der Waals surface area contributed by atoms with Gasteiger partial charge in [-0.1, -0.05) is 11.8 Å². The molecule has 17 heavy (non-hydrogen) atoms. The molecular formula is C11H13N5O. The van der Waals surface area contributed by atoms with Crippen LogP contribution in [0.3, 0.4) is 0 Å². The first-order valence-corrected chi connectivity index (χ1v) is 5.11. The van der Waals surface area contributed by atoms with Gasteiger partial charge in [-0.3, -0.25) is 9.78 Å². The van der Waals surface area contributed by atoms with Crippen molar-refractivity contribution in [1.82, 2.24) is 19.9 Å². The van der Waals surface area contributed by atoms with Crippen LogP contribution in [0.4, 0.5) is 5.95 Å². The lowest BCUT2D eigenvalue weighted by Crippen LogP contribution is -2.11. The summed E-state index contributed by atoms with van der Waals surface area (Å²) < 4.78 is 1.74. The van der Waals surface area contributed by atoms with Crippen LogP contribution in [-0.2, 0) is 7.05 Å². The van der Waals surface area contributed by atoms with Crippen LogP contribution in [0.1, 0.15) is 5.56 Å². The SMILES string of the molecule is CNCC#Cc1cn(C)c2nc(N)[nH]c(=O)c12. The zero-order valence-electron chi connectivity index (χ0n) is 9.66. The van der Waals surface area contributed by atoms with E-state index in [4.69, 9.17) is 5.73 Å². The number of nitrogens with zero attached hydrogens (tertiary/aromatic N) is 2. The molecule has 0 saturated carbocycles. The van der Waals surface area contributed by atoms with Gasteiger partial charge in [-0.05, 0) is 7.05 Å². The van der Waals surface area contributed by atoms with Crippen LogP contribution in [-0.4, -0.2) is 28.1 Å². The van der Waals surface area contributed by atoms with Gasteiger partial charge in [0.05, 0.1) is 17.5 Å². The van der Waals surface area contributed by atoms with Crippen LogP contribution in [0, 0.1) is 11.8 Å². The number of nitrogens with two attached hydrogens (primary N) is 1. The van der Waals surface area contributed by atoms with Crippen LogP contribution < -0.4 is 16.6 Å². The van der Waals surface area contributed by atoms with E-state index in [2.05, 4.69) is 27.1 Å². The molecule has 2 aromatic rings. The molecule has 0 fully saturated rings. The van der Waals surface area contributed by atoms with Crippen LogP contribution >= 0.6 is 0 Å². The van der Waals surface area contributed by atoms with Crippen molar-refractivity contribution in [2.75, 3.05) is 19.3 Å². The molecule has 0 radical (unpaired) electrons. The number of rotatable bonds is 1. The first-order chi connectivity index (χ1) is 8.13. The van der Waals surface area contributed by atoms with E-state index < -0.39 is 0 Å². The number of aromatic amines is 1. The lowest BCUT2D eigenvalue weighted by molar-refractivity contribution is 0.937. The van der Waals surface area contributed by atoms with Crippen molar-refractivity contribution in [3.05, 3.63) is 22.1 Å². The summed E-state index contributed by atoms with van der Waals surface area (Å²) in [5.41, 5.74) is 6.44. The van der Waals surface area contributed by atoms with Gasteiger partial charge in [0.25, 0.3) is 5.56 Å². The monoisotopic (exact) mass is 231 g/mol. The number of aryl methyl sites for hydroxylation is 1. The first-order valence-electron chi connectivity index (χ1n) is 5.11. The van der Waals surface area contributed by atoms with E-state index >= 15 is 0 Å². The summed E-state index contributed by atoms with van der Waals surface area (Å²) in [5.74, 6) is 5.96. The molecule has 2 rings (SSSR count). The average molecular weight is 231 g/mol. The molecule has 0 amide bonds. The smallest absolute Gasteiger partial charge is 0.263 e. The van der Waals surface area contributed by atoms with Crippen molar-refractivity contribution in [3.8, 4) is 11.8 Å². The number of aromatic nitrogens is 3. The Morgan fingerprint density at radius 2 is 2.41 bits per heavy atom. The summed E-state index contributed by atoms with van der Waals surface area (Å²) in [7, 11) is 3.62. The Hall–Kier alpha value is -2.26. The van der Waals surface area contributed by atoms with Crippen molar-refractivity contribution < 1.29 is 0 Å². The topological polar surface area (TPSA) is 88.7 Å². The van der Waals surface area contributed by atoms with Crippen LogP contribution in [0.25, 0.3) is 11.0 Å². The standard InChI is InChI=1S/C11H13N5O/c1-13-5-3-4-7-6-16(2)9-8(7)10(17)15-11(12)14-9/h6,13H,5H2,1-2H3,(H3,12,14,15,17). The van der Waals surface area contributed by atoms with Gasteiger partial charge >= 0.3 is 0 Å². The minimum absolute atomic E-state index is 0.110. The molecular weight excluding hydrogens is 218 g/mol. The van der Waals surface area contributed by atoms with Gasteiger partial charge in [0.1, 0.15) is 0 Å². The number of fused-ring (bicyclic) bond motifs is 1. The maximum Gasteiger partial charge on any atom is 0.263 e. The van der Waals surface area contributed by atoms with Gasteiger partial charge in [0.2, 0.25) is 5.95 Å². The number of hydrogen-bond donors (Lipinski definition) is 3. The van der Waals surface area contributed by atoms with E-state index in [1.165, 1.54) is 0 Å². The van der Waals surface area contributed by atoms with E-state index in [1.54, 1.807) is 17.8 Å². The van der Waals surface area contributed by atoms with Gasteiger partial charge in [0, 0.05) is 13.2 Å². The second-order valence-electron chi connectivity index (χ2n) is 3.64. The Morgan fingerprint density at radius 1 is 1.65 bits per heavy atom. The number of nitrogens with one attached hydrogen (secondary N) is 2. The average Bonchev–Trinajstić information content (AvgIpc) is 2.56. The molecule has 2 aromatic heterocycles. The van der Waals surface area contributed by atoms with E-state index in [0.717, 1.165) is 0 Å². The minimum atomic E-state index is -0.262. The maximum atomic E-state index is 11.8. The molecule has 0 aliphatic heterocycles.